The van der Waals surface area contributed by atoms with Gasteiger partial charge >= 0.3 is 6.18 Å². The van der Waals surface area contributed by atoms with Gasteiger partial charge in [0.05, 0.1) is 58.8 Å². The molecular formula is C25H21F4N7O2. The van der Waals surface area contributed by atoms with E-state index < -0.39 is 35.5 Å². The van der Waals surface area contributed by atoms with Crippen molar-refractivity contribution in [3.05, 3.63) is 71.2 Å². The highest BCUT2D eigenvalue weighted by molar-refractivity contribution is 5.99. The van der Waals surface area contributed by atoms with Crippen molar-refractivity contribution in [2.45, 2.75) is 32.1 Å². The van der Waals surface area contributed by atoms with Gasteiger partial charge in [0, 0.05) is 24.7 Å². The van der Waals surface area contributed by atoms with E-state index in [1.54, 1.807) is 24.4 Å². The normalized spacial score (nSPS) is 18.6. The van der Waals surface area contributed by atoms with Crippen molar-refractivity contribution in [3.8, 4) is 0 Å². The molecule has 0 aliphatic carbocycles. The Morgan fingerprint density at radius 1 is 1.11 bits per heavy atom. The van der Waals surface area contributed by atoms with E-state index in [9.17, 15) is 18.0 Å². The first-order valence-corrected chi connectivity index (χ1v) is 11.7. The second-order valence-electron chi connectivity index (χ2n) is 9.36. The van der Waals surface area contributed by atoms with E-state index in [0.29, 0.717) is 22.6 Å². The second-order valence-corrected chi connectivity index (χ2v) is 9.36. The number of alkyl halides is 3. The molecule has 1 saturated heterocycles. The SMILES string of the molecule is Cc1cn2c(n1)c(N)nc1cc(F)c(C(=O)N3C(C)COC[C@@H]3c3cn4cc(C(F)(F)F)ccc4n3)cc12. The average Bonchev–Trinajstić information content (AvgIpc) is 3.46. The first kappa shape index (κ1) is 24.1. The molecular weight excluding hydrogens is 506 g/mol. The van der Waals surface area contributed by atoms with Crippen LogP contribution in [0.5, 0.6) is 0 Å². The summed E-state index contributed by atoms with van der Waals surface area (Å²) in [6, 6.07) is 3.54. The molecule has 38 heavy (non-hydrogen) atoms. The molecule has 2 atom stereocenters. The number of hydrogen-bond acceptors (Lipinski definition) is 6. The second kappa shape index (κ2) is 8.38. The zero-order chi connectivity index (χ0) is 26.9. The third kappa shape index (κ3) is 3.81. The Morgan fingerprint density at radius 2 is 1.89 bits per heavy atom. The molecule has 1 unspecified atom stereocenters. The lowest BCUT2D eigenvalue weighted by molar-refractivity contribution is -0.137. The number of anilines is 1. The molecule has 1 amide bonds. The number of aromatic nitrogens is 5. The number of fused-ring (bicyclic) bond motifs is 4. The lowest BCUT2D eigenvalue weighted by atomic mass is 10.0. The quantitative estimate of drug-likeness (QED) is 0.346. The number of morpholine rings is 1. The number of carbonyl (C=O) groups is 1. The lowest BCUT2D eigenvalue weighted by Gasteiger charge is -2.39. The topological polar surface area (TPSA) is 103 Å². The Balaban J connectivity index is 1.44. The fourth-order valence-corrected chi connectivity index (χ4v) is 4.91. The van der Waals surface area contributed by atoms with Crippen molar-refractivity contribution in [2.75, 3.05) is 18.9 Å². The van der Waals surface area contributed by atoms with Crippen molar-refractivity contribution in [1.82, 2.24) is 28.7 Å². The molecule has 5 heterocycles. The van der Waals surface area contributed by atoms with Crippen LogP contribution in [0.25, 0.3) is 22.3 Å². The molecule has 0 spiro atoms. The summed E-state index contributed by atoms with van der Waals surface area (Å²) >= 11 is 0. The predicted octanol–water partition coefficient (Wildman–Crippen LogP) is 4.18. The van der Waals surface area contributed by atoms with Crippen LogP contribution in [0.4, 0.5) is 23.4 Å². The molecule has 1 aliphatic heterocycles. The van der Waals surface area contributed by atoms with E-state index in [4.69, 9.17) is 10.5 Å². The zero-order valence-electron chi connectivity index (χ0n) is 20.2. The maximum atomic E-state index is 15.3. The average molecular weight is 527 g/mol. The number of nitrogen functional groups attached to an aromatic ring is 1. The molecule has 9 nitrogen and oxygen atoms in total. The van der Waals surface area contributed by atoms with Gasteiger partial charge in [-0.15, -0.1) is 0 Å². The van der Waals surface area contributed by atoms with Crippen molar-refractivity contribution in [3.63, 3.8) is 0 Å². The number of pyridine rings is 1. The number of carbonyl (C=O) groups excluding carboxylic acids is 1. The lowest BCUT2D eigenvalue weighted by Crippen LogP contribution is -2.49. The van der Waals surface area contributed by atoms with E-state index in [0.717, 1.165) is 18.3 Å². The summed E-state index contributed by atoms with van der Waals surface area (Å²) < 4.78 is 63.5. The summed E-state index contributed by atoms with van der Waals surface area (Å²) in [4.78, 5) is 28.3. The van der Waals surface area contributed by atoms with Crippen molar-refractivity contribution >= 4 is 34.1 Å². The number of benzene rings is 1. The Kier molecular flexibility index (Phi) is 5.31. The Morgan fingerprint density at radius 3 is 2.66 bits per heavy atom. The molecule has 0 bridgehead atoms. The van der Waals surface area contributed by atoms with Crippen molar-refractivity contribution in [2.24, 2.45) is 0 Å². The number of hydrogen-bond donors (Lipinski definition) is 1. The molecule has 13 heteroatoms. The highest BCUT2D eigenvalue weighted by Gasteiger charge is 2.37. The third-order valence-electron chi connectivity index (χ3n) is 6.67. The minimum atomic E-state index is -4.52. The van der Waals surface area contributed by atoms with E-state index >= 15 is 4.39 Å². The largest absolute Gasteiger partial charge is 0.417 e. The van der Waals surface area contributed by atoms with Gasteiger partial charge in [-0.3, -0.25) is 9.20 Å². The van der Waals surface area contributed by atoms with Gasteiger partial charge in [0.2, 0.25) is 0 Å². The first-order valence-electron chi connectivity index (χ1n) is 11.7. The van der Waals surface area contributed by atoms with E-state index in [1.807, 2.05) is 0 Å². The monoisotopic (exact) mass is 527 g/mol. The number of ether oxygens (including phenoxy) is 1. The molecule has 1 aromatic carbocycles. The van der Waals surface area contributed by atoms with E-state index in [2.05, 4.69) is 15.0 Å². The number of nitrogens with two attached hydrogens (primary N) is 1. The van der Waals surface area contributed by atoms with Gasteiger partial charge in [0.1, 0.15) is 11.5 Å². The van der Waals surface area contributed by atoms with Crippen LogP contribution in [0, 0.1) is 12.7 Å². The zero-order valence-corrected chi connectivity index (χ0v) is 20.2. The summed E-state index contributed by atoms with van der Waals surface area (Å²) in [5, 5.41) is 0. The van der Waals surface area contributed by atoms with Crippen molar-refractivity contribution in [1.29, 1.82) is 0 Å². The number of rotatable bonds is 2. The first-order chi connectivity index (χ1) is 18.0. The van der Waals surface area contributed by atoms with Crippen LogP contribution < -0.4 is 5.73 Å². The number of amides is 1. The maximum absolute atomic E-state index is 15.3. The van der Waals surface area contributed by atoms with E-state index in [1.165, 1.54) is 27.6 Å². The third-order valence-corrected chi connectivity index (χ3v) is 6.67. The minimum absolute atomic E-state index is 0.0460. The van der Waals surface area contributed by atoms with E-state index in [-0.39, 0.29) is 35.8 Å². The molecule has 1 fully saturated rings. The Hall–Kier alpha value is -4.26. The van der Waals surface area contributed by atoms with Crippen LogP contribution in [0.3, 0.4) is 0 Å². The summed E-state index contributed by atoms with van der Waals surface area (Å²) in [5.74, 6) is -1.26. The number of nitrogens with zero attached hydrogens (tertiary/aromatic N) is 6. The fraction of sp³-hybridized carbons (Fsp3) is 0.280. The summed E-state index contributed by atoms with van der Waals surface area (Å²) in [6.45, 7) is 3.77. The van der Waals surface area contributed by atoms with Crippen LogP contribution >= 0.6 is 0 Å². The van der Waals surface area contributed by atoms with Gasteiger partial charge < -0.3 is 19.8 Å². The molecule has 196 valence electrons. The van der Waals surface area contributed by atoms with Gasteiger partial charge in [-0.25, -0.2) is 19.3 Å². The Labute approximate surface area is 212 Å². The standard InChI is InChI=1S/C25H21F4N7O2/c1-12-7-35-19-5-15(16(26)6-17(19)33-22(30)23(35)31-12)24(37)36-13(2)10-38-11-20(36)18-9-34-8-14(25(27,28)29)3-4-21(34)32-18/h3-9,13,20H,10-11H2,1-2H3,(H2,30,33)/t13?,20-/m1/s1. The Bertz CT molecular complexity index is 1740. The van der Waals surface area contributed by atoms with Crippen LogP contribution in [0.2, 0.25) is 0 Å². The molecule has 2 N–H and O–H groups in total. The molecule has 5 aromatic rings. The molecule has 4 aromatic heterocycles. The highest BCUT2D eigenvalue weighted by Crippen LogP contribution is 2.33. The number of imidazole rings is 2. The predicted molar refractivity (Wildman–Crippen MR) is 129 cm³/mol. The summed E-state index contributed by atoms with van der Waals surface area (Å²) in [7, 11) is 0. The van der Waals surface area contributed by atoms with Crippen LogP contribution in [-0.2, 0) is 10.9 Å². The maximum Gasteiger partial charge on any atom is 0.417 e. The molecule has 0 saturated carbocycles. The van der Waals surface area contributed by atoms with Crippen molar-refractivity contribution < 1.29 is 27.1 Å². The van der Waals surface area contributed by atoms with Gasteiger partial charge in [-0.2, -0.15) is 13.2 Å². The number of aryl methyl sites for hydroxylation is 1. The van der Waals surface area contributed by atoms with Gasteiger partial charge in [0.25, 0.3) is 5.91 Å². The van der Waals surface area contributed by atoms with Crippen LogP contribution in [-0.4, -0.2) is 53.8 Å². The molecule has 6 rings (SSSR count). The summed E-state index contributed by atoms with van der Waals surface area (Å²) in [5.41, 5.74) is 7.33. The van der Waals surface area contributed by atoms with Crippen LogP contribution in [0.15, 0.2) is 42.9 Å². The van der Waals surface area contributed by atoms with Gasteiger partial charge in [-0.05, 0) is 32.0 Å². The highest BCUT2D eigenvalue weighted by atomic mass is 19.4. The molecule has 0 radical (unpaired) electrons. The number of halogens is 4. The molecule has 1 aliphatic rings. The smallest absolute Gasteiger partial charge is 0.381 e. The van der Waals surface area contributed by atoms with Gasteiger partial charge in [0.15, 0.2) is 11.5 Å². The van der Waals surface area contributed by atoms with Gasteiger partial charge in [-0.1, -0.05) is 0 Å². The van der Waals surface area contributed by atoms with Crippen LogP contribution in [0.1, 0.15) is 40.3 Å². The minimum Gasteiger partial charge on any atom is -0.381 e. The fourth-order valence-electron chi connectivity index (χ4n) is 4.91. The summed E-state index contributed by atoms with van der Waals surface area (Å²) in [6.07, 6.45) is -0.438.